The molecular formula is C11H20N2O3. The highest BCUT2D eigenvalue weighted by molar-refractivity contribution is 5.80. The molecule has 5 heteroatoms. The molecule has 1 aliphatic rings. The van der Waals surface area contributed by atoms with Gasteiger partial charge in [0.1, 0.15) is 6.54 Å². The Hall–Kier alpha value is -1.26. The van der Waals surface area contributed by atoms with Crippen LogP contribution in [0.2, 0.25) is 0 Å². The van der Waals surface area contributed by atoms with E-state index in [-0.39, 0.29) is 18.6 Å². The van der Waals surface area contributed by atoms with Gasteiger partial charge in [0, 0.05) is 12.6 Å². The first kappa shape index (κ1) is 12.8. The first-order valence-electron chi connectivity index (χ1n) is 5.85. The van der Waals surface area contributed by atoms with E-state index >= 15 is 0 Å². The van der Waals surface area contributed by atoms with Crippen LogP contribution < -0.4 is 5.32 Å². The molecule has 1 fully saturated rings. The third-order valence-electron chi connectivity index (χ3n) is 2.86. The van der Waals surface area contributed by atoms with Crippen molar-refractivity contribution in [3.05, 3.63) is 0 Å². The van der Waals surface area contributed by atoms with Crippen LogP contribution in [0.1, 0.15) is 33.1 Å². The number of carboxylic acid groups (broad SMARTS) is 1. The van der Waals surface area contributed by atoms with Gasteiger partial charge in [0.05, 0.1) is 0 Å². The van der Waals surface area contributed by atoms with Crippen molar-refractivity contribution in [2.45, 2.75) is 39.2 Å². The van der Waals surface area contributed by atoms with E-state index in [0.29, 0.717) is 12.5 Å². The van der Waals surface area contributed by atoms with Crippen molar-refractivity contribution in [1.29, 1.82) is 0 Å². The van der Waals surface area contributed by atoms with Crippen LogP contribution in [-0.4, -0.2) is 41.1 Å². The number of hydrogen-bond donors (Lipinski definition) is 2. The van der Waals surface area contributed by atoms with Crippen LogP contribution in [0.5, 0.6) is 0 Å². The Bertz CT molecular complexity index is 268. The number of urea groups is 1. The molecule has 2 atom stereocenters. The van der Waals surface area contributed by atoms with Gasteiger partial charge >= 0.3 is 12.0 Å². The van der Waals surface area contributed by atoms with Crippen LogP contribution in [0.3, 0.4) is 0 Å². The fourth-order valence-electron chi connectivity index (χ4n) is 1.81. The predicted octanol–water partition coefficient (Wildman–Crippen LogP) is 1.29. The monoisotopic (exact) mass is 228 g/mol. The number of amides is 2. The fraction of sp³-hybridized carbons (Fsp3) is 0.818. The van der Waals surface area contributed by atoms with Crippen molar-refractivity contribution >= 4 is 12.0 Å². The summed E-state index contributed by atoms with van der Waals surface area (Å²) in [5, 5.41) is 11.6. The summed E-state index contributed by atoms with van der Waals surface area (Å²) in [5.74, 6) is -0.385. The Kier molecular flexibility index (Phi) is 4.58. The Morgan fingerprint density at radius 1 is 1.44 bits per heavy atom. The molecule has 0 bridgehead atoms. The number of carboxylic acids is 1. The highest BCUT2D eigenvalue weighted by Gasteiger charge is 2.37. The van der Waals surface area contributed by atoms with Gasteiger partial charge in [-0.25, -0.2) is 4.79 Å². The molecule has 1 aliphatic carbocycles. The number of carbonyl (C=O) groups excluding carboxylic acids is 1. The number of nitrogens with zero attached hydrogens (tertiary/aromatic N) is 1. The highest BCUT2D eigenvalue weighted by atomic mass is 16.4. The standard InChI is InChI=1S/C11H20N2O3/c1-3-5-13(7-10(14)15)11(16)12-9-6-8(9)4-2/h8-9H,3-7H2,1-2H3,(H,12,16)(H,14,15). The van der Waals surface area contributed by atoms with Crippen molar-refractivity contribution in [3.63, 3.8) is 0 Å². The summed E-state index contributed by atoms with van der Waals surface area (Å²) < 4.78 is 0. The lowest BCUT2D eigenvalue weighted by Crippen LogP contribution is -2.44. The number of nitrogens with one attached hydrogen (secondary N) is 1. The largest absolute Gasteiger partial charge is 0.480 e. The lowest BCUT2D eigenvalue weighted by atomic mass is 10.3. The van der Waals surface area contributed by atoms with E-state index < -0.39 is 5.97 Å². The molecule has 92 valence electrons. The number of carbonyl (C=O) groups is 2. The normalized spacial score (nSPS) is 22.6. The molecule has 0 aromatic carbocycles. The molecule has 0 spiro atoms. The summed E-state index contributed by atoms with van der Waals surface area (Å²) in [7, 11) is 0. The zero-order chi connectivity index (χ0) is 12.1. The third kappa shape index (κ3) is 3.72. The maximum atomic E-state index is 11.7. The van der Waals surface area contributed by atoms with Gasteiger partial charge in [0.25, 0.3) is 0 Å². The molecule has 0 saturated heterocycles. The van der Waals surface area contributed by atoms with E-state index in [0.717, 1.165) is 19.3 Å². The van der Waals surface area contributed by atoms with Crippen molar-refractivity contribution in [3.8, 4) is 0 Å². The van der Waals surface area contributed by atoms with Crippen LogP contribution >= 0.6 is 0 Å². The molecule has 1 rings (SSSR count). The van der Waals surface area contributed by atoms with Gasteiger partial charge in [0.15, 0.2) is 0 Å². The van der Waals surface area contributed by atoms with Crippen LogP contribution in [0.25, 0.3) is 0 Å². The maximum Gasteiger partial charge on any atom is 0.323 e. The van der Waals surface area contributed by atoms with Crippen molar-refractivity contribution in [1.82, 2.24) is 10.2 Å². The smallest absolute Gasteiger partial charge is 0.323 e. The third-order valence-corrected chi connectivity index (χ3v) is 2.86. The van der Waals surface area contributed by atoms with Gasteiger partial charge in [-0.2, -0.15) is 0 Å². The Balaban J connectivity index is 2.38. The van der Waals surface area contributed by atoms with E-state index in [1.165, 1.54) is 4.90 Å². The molecule has 0 aromatic heterocycles. The minimum absolute atomic E-state index is 0.219. The summed E-state index contributed by atoms with van der Waals surface area (Å²) in [5.41, 5.74) is 0. The van der Waals surface area contributed by atoms with E-state index in [2.05, 4.69) is 12.2 Å². The number of rotatable bonds is 6. The van der Waals surface area contributed by atoms with E-state index in [1.807, 2.05) is 6.92 Å². The van der Waals surface area contributed by atoms with Crippen molar-refractivity contribution < 1.29 is 14.7 Å². The minimum Gasteiger partial charge on any atom is -0.480 e. The molecule has 0 heterocycles. The van der Waals surface area contributed by atoms with Crippen LogP contribution in [0.4, 0.5) is 4.79 Å². The molecular weight excluding hydrogens is 208 g/mol. The quantitative estimate of drug-likeness (QED) is 0.719. The molecule has 2 N–H and O–H groups in total. The summed E-state index contributed by atoms with van der Waals surface area (Å²) in [6.07, 6.45) is 2.86. The van der Waals surface area contributed by atoms with Gasteiger partial charge < -0.3 is 15.3 Å². The number of hydrogen-bond acceptors (Lipinski definition) is 2. The Labute approximate surface area is 95.8 Å². The minimum atomic E-state index is -0.966. The molecule has 2 amide bonds. The predicted molar refractivity (Wildman–Crippen MR) is 60.2 cm³/mol. The summed E-state index contributed by atoms with van der Waals surface area (Å²) >= 11 is 0. The van der Waals surface area contributed by atoms with Crippen LogP contribution in [-0.2, 0) is 4.79 Å². The van der Waals surface area contributed by atoms with E-state index in [9.17, 15) is 9.59 Å². The van der Waals surface area contributed by atoms with Gasteiger partial charge in [-0.3, -0.25) is 4.79 Å². The van der Waals surface area contributed by atoms with Crippen molar-refractivity contribution in [2.24, 2.45) is 5.92 Å². The second-order valence-electron chi connectivity index (χ2n) is 4.28. The first-order chi connectivity index (χ1) is 7.58. The molecule has 5 nitrogen and oxygen atoms in total. The topological polar surface area (TPSA) is 69.6 Å². The SMILES string of the molecule is CCCN(CC(=O)O)C(=O)NC1CC1CC. The van der Waals surface area contributed by atoms with Gasteiger partial charge in [-0.1, -0.05) is 20.3 Å². The van der Waals surface area contributed by atoms with Gasteiger partial charge in [-0.15, -0.1) is 0 Å². The Morgan fingerprint density at radius 3 is 2.56 bits per heavy atom. The van der Waals surface area contributed by atoms with Gasteiger partial charge in [0.2, 0.25) is 0 Å². The molecule has 2 unspecified atom stereocenters. The second-order valence-corrected chi connectivity index (χ2v) is 4.28. The molecule has 16 heavy (non-hydrogen) atoms. The van der Waals surface area contributed by atoms with Crippen LogP contribution in [0.15, 0.2) is 0 Å². The average Bonchev–Trinajstić information content (AvgIpc) is 2.95. The zero-order valence-electron chi connectivity index (χ0n) is 9.90. The summed E-state index contributed by atoms with van der Waals surface area (Å²) in [6, 6.07) is 0.0100. The van der Waals surface area contributed by atoms with Crippen LogP contribution in [0, 0.1) is 5.92 Å². The van der Waals surface area contributed by atoms with Gasteiger partial charge in [-0.05, 0) is 18.8 Å². The average molecular weight is 228 g/mol. The molecule has 0 aromatic rings. The first-order valence-corrected chi connectivity index (χ1v) is 5.85. The molecule has 0 aliphatic heterocycles. The molecule has 1 saturated carbocycles. The lowest BCUT2D eigenvalue weighted by Gasteiger charge is -2.20. The fourth-order valence-corrected chi connectivity index (χ4v) is 1.81. The molecule has 0 radical (unpaired) electrons. The van der Waals surface area contributed by atoms with Crippen molar-refractivity contribution in [2.75, 3.05) is 13.1 Å². The van der Waals surface area contributed by atoms with E-state index in [4.69, 9.17) is 5.11 Å². The number of aliphatic carboxylic acids is 1. The summed E-state index contributed by atoms with van der Waals surface area (Å²) in [6.45, 7) is 4.29. The zero-order valence-corrected chi connectivity index (χ0v) is 9.90. The highest BCUT2D eigenvalue weighted by Crippen LogP contribution is 2.33. The lowest BCUT2D eigenvalue weighted by molar-refractivity contribution is -0.137. The van der Waals surface area contributed by atoms with E-state index in [1.54, 1.807) is 0 Å². The second kappa shape index (κ2) is 5.72. The maximum absolute atomic E-state index is 11.7. The summed E-state index contributed by atoms with van der Waals surface area (Å²) in [4.78, 5) is 23.7. The Morgan fingerprint density at radius 2 is 2.12 bits per heavy atom.